The summed E-state index contributed by atoms with van der Waals surface area (Å²) in [7, 11) is 0. The highest BCUT2D eigenvalue weighted by Gasteiger charge is 2.01. The van der Waals surface area contributed by atoms with Crippen molar-refractivity contribution in [2.24, 2.45) is 10.8 Å². The van der Waals surface area contributed by atoms with Gasteiger partial charge in [0.15, 0.2) is 0 Å². The SMILES string of the molecule is NC(=O)NN=Cc1cc(Br)c(Br)s1. The van der Waals surface area contributed by atoms with Gasteiger partial charge < -0.3 is 5.73 Å². The number of carbonyl (C=O) groups is 1. The fourth-order valence-corrected chi connectivity index (χ4v) is 2.55. The molecule has 0 spiro atoms. The third kappa shape index (κ3) is 3.45. The van der Waals surface area contributed by atoms with Crippen LogP contribution in [0, 0.1) is 0 Å². The standard InChI is InChI=1S/C6H5Br2N3OS/c7-4-1-3(13-5(4)8)2-10-11-6(9)12/h1-2H,(H3,9,11,12). The first kappa shape index (κ1) is 10.7. The number of hydrogen-bond acceptors (Lipinski definition) is 3. The molecule has 0 aliphatic rings. The van der Waals surface area contributed by atoms with Gasteiger partial charge >= 0.3 is 6.03 Å². The van der Waals surface area contributed by atoms with Crippen molar-refractivity contribution in [1.29, 1.82) is 0 Å². The van der Waals surface area contributed by atoms with Crippen LogP contribution in [0.1, 0.15) is 4.88 Å². The summed E-state index contributed by atoms with van der Waals surface area (Å²) in [5.74, 6) is 0. The van der Waals surface area contributed by atoms with Crippen molar-refractivity contribution < 1.29 is 4.79 Å². The summed E-state index contributed by atoms with van der Waals surface area (Å²) in [5, 5.41) is 3.61. The zero-order valence-electron chi connectivity index (χ0n) is 6.25. The van der Waals surface area contributed by atoms with E-state index in [1.807, 2.05) is 6.07 Å². The molecule has 70 valence electrons. The van der Waals surface area contributed by atoms with Crippen molar-refractivity contribution >= 4 is 55.4 Å². The quantitative estimate of drug-likeness (QED) is 0.635. The summed E-state index contributed by atoms with van der Waals surface area (Å²) in [6, 6.07) is 1.20. The summed E-state index contributed by atoms with van der Waals surface area (Å²) < 4.78 is 1.94. The van der Waals surface area contributed by atoms with Crippen molar-refractivity contribution in [3.63, 3.8) is 0 Å². The Morgan fingerprint density at radius 1 is 1.69 bits per heavy atom. The smallest absolute Gasteiger partial charge is 0.332 e. The number of hydrogen-bond donors (Lipinski definition) is 2. The van der Waals surface area contributed by atoms with Crippen LogP contribution in [0.2, 0.25) is 0 Å². The van der Waals surface area contributed by atoms with E-state index in [1.54, 1.807) is 0 Å². The lowest BCUT2D eigenvalue weighted by Gasteiger charge is -1.87. The fraction of sp³-hybridized carbons (Fsp3) is 0. The van der Waals surface area contributed by atoms with Crippen LogP contribution in [0.15, 0.2) is 19.4 Å². The first-order chi connectivity index (χ1) is 6.09. The molecule has 0 saturated carbocycles. The topological polar surface area (TPSA) is 67.5 Å². The van der Waals surface area contributed by atoms with Gasteiger partial charge in [-0.3, -0.25) is 0 Å². The molecule has 1 aromatic rings. The first-order valence-electron chi connectivity index (χ1n) is 3.13. The number of amides is 2. The molecule has 0 radical (unpaired) electrons. The van der Waals surface area contributed by atoms with E-state index in [0.29, 0.717) is 0 Å². The van der Waals surface area contributed by atoms with Gasteiger partial charge in [0.2, 0.25) is 0 Å². The summed E-state index contributed by atoms with van der Waals surface area (Å²) >= 11 is 8.16. The Kier molecular flexibility index (Phi) is 3.89. The number of nitrogens with two attached hydrogens (primary N) is 1. The maximum atomic E-state index is 10.2. The minimum Gasteiger partial charge on any atom is -0.350 e. The third-order valence-corrected chi connectivity index (χ3v) is 4.22. The molecule has 0 atom stereocenters. The molecule has 1 rings (SSSR count). The fourth-order valence-electron chi connectivity index (χ4n) is 0.586. The Labute approximate surface area is 95.5 Å². The van der Waals surface area contributed by atoms with E-state index in [2.05, 4.69) is 42.4 Å². The monoisotopic (exact) mass is 325 g/mol. The van der Waals surface area contributed by atoms with Crippen LogP contribution in [-0.4, -0.2) is 12.2 Å². The number of halogens is 2. The predicted octanol–water partition coefficient (Wildman–Crippen LogP) is 2.28. The second-order valence-corrected chi connectivity index (χ2v) is 5.26. The van der Waals surface area contributed by atoms with E-state index in [0.717, 1.165) is 13.1 Å². The predicted molar refractivity (Wildman–Crippen MR) is 60.0 cm³/mol. The van der Waals surface area contributed by atoms with E-state index in [-0.39, 0.29) is 0 Å². The Balaban J connectivity index is 2.64. The van der Waals surface area contributed by atoms with Crippen LogP contribution in [0.25, 0.3) is 0 Å². The number of primary amides is 1. The summed E-state index contributed by atoms with van der Waals surface area (Å²) in [4.78, 5) is 11.2. The van der Waals surface area contributed by atoms with Crippen molar-refractivity contribution in [2.45, 2.75) is 0 Å². The van der Waals surface area contributed by atoms with E-state index in [9.17, 15) is 4.79 Å². The molecule has 1 aromatic heterocycles. The second-order valence-electron chi connectivity index (χ2n) is 2.00. The van der Waals surface area contributed by atoms with Gasteiger partial charge in [-0.2, -0.15) is 5.10 Å². The summed E-state index contributed by atoms with van der Waals surface area (Å²) in [6.07, 6.45) is 1.52. The minimum atomic E-state index is -0.675. The van der Waals surface area contributed by atoms with Gasteiger partial charge in [-0.05, 0) is 37.9 Å². The molecule has 13 heavy (non-hydrogen) atoms. The maximum absolute atomic E-state index is 10.2. The van der Waals surface area contributed by atoms with Gasteiger partial charge in [0.25, 0.3) is 0 Å². The van der Waals surface area contributed by atoms with Gasteiger partial charge in [0.05, 0.1) is 10.0 Å². The lowest BCUT2D eigenvalue weighted by molar-refractivity contribution is 0.249. The highest BCUT2D eigenvalue weighted by atomic mass is 79.9. The summed E-state index contributed by atoms with van der Waals surface area (Å²) in [6.45, 7) is 0. The molecule has 3 N–H and O–H groups in total. The molecule has 0 aliphatic heterocycles. The van der Waals surface area contributed by atoms with Crippen LogP contribution in [0.4, 0.5) is 4.79 Å². The average Bonchev–Trinajstić information content (AvgIpc) is 2.30. The van der Waals surface area contributed by atoms with E-state index >= 15 is 0 Å². The first-order valence-corrected chi connectivity index (χ1v) is 5.53. The van der Waals surface area contributed by atoms with Crippen molar-refractivity contribution in [1.82, 2.24) is 5.43 Å². The molecule has 7 heteroatoms. The van der Waals surface area contributed by atoms with Crippen LogP contribution >= 0.6 is 43.2 Å². The zero-order chi connectivity index (χ0) is 9.84. The molecular formula is C6H5Br2N3OS. The molecule has 0 bridgehead atoms. The van der Waals surface area contributed by atoms with Gasteiger partial charge in [-0.15, -0.1) is 11.3 Å². The molecule has 0 aliphatic carbocycles. The molecule has 1 heterocycles. The number of urea groups is 1. The number of nitrogens with zero attached hydrogens (tertiary/aromatic N) is 1. The molecule has 2 amide bonds. The number of rotatable bonds is 2. The molecule has 0 aromatic carbocycles. The van der Waals surface area contributed by atoms with Gasteiger partial charge in [-0.25, -0.2) is 10.2 Å². The lowest BCUT2D eigenvalue weighted by atomic mass is 10.5. The largest absolute Gasteiger partial charge is 0.350 e. The van der Waals surface area contributed by atoms with Crippen LogP contribution in [-0.2, 0) is 0 Å². The summed E-state index contributed by atoms with van der Waals surface area (Å²) in [5.41, 5.74) is 6.92. The maximum Gasteiger partial charge on any atom is 0.332 e. The van der Waals surface area contributed by atoms with Crippen LogP contribution in [0.5, 0.6) is 0 Å². The molecular weight excluding hydrogens is 322 g/mol. The van der Waals surface area contributed by atoms with Crippen LogP contribution < -0.4 is 11.2 Å². The normalized spacial score (nSPS) is 10.6. The Bertz CT molecular complexity index is 330. The van der Waals surface area contributed by atoms with Gasteiger partial charge in [0.1, 0.15) is 0 Å². The van der Waals surface area contributed by atoms with Gasteiger partial charge in [0, 0.05) is 9.35 Å². The molecule has 0 unspecified atom stereocenters. The van der Waals surface area contributed by atoms with E-state index < -0.39 is 6.03 Å². The third-order valence-electron chi connectivity index (χ3n) is 1.03. The number of thiophene rings is 1. The van der Waals surface area contributed by atoms with Gasteiger partial charge in [-0.1, -0.05) is 0 Å². The molecule has 4 nitrogen and oxygen atoms in total. The Morgan fingerprint density at radius 2 is 2.38 bits per heavy atom. The number of nitrogens with one attached hydrogen (secondary N) is 1. The highest BCUT2D eigenvalue weighted by Crippen LogP contribution is 2.31. The van der Waals surface area contributed by atoms with Crippen molar-refractivity contribution in [3.8, 4) is 0 Å². The minimum absolute atomic E-state index is 0.675. The average molecular weight is 327 g/mol. The Hall–Kier alpha value is -0.400. The molecule has 0 fully saturated rings. The molecule has 0 saturated heterocycles. The second kappa shape index (κ2) is 4.73. The van der Waals surface area contributed by atoms with Crippen molar-refractivity contribution in [2.75, 3.05) is 0 Å². The number of carbonyl (C=O) groups excluding carboxylic acids is 1. The van der Waals surface area contributed by atoms with E-state index in [1.165, 1.54) is 17.6 Å². The van der Waals surface area contributed by atoms with Crippen molar-refractivity contribution in [3.05, 3.63) is 19.2 Å². The Morgan fingerprint density at radius 3 is 2.85 bits per heavy atom. The van der Waals surface area contributed by atoms with Crippen LogP contribution in [0.3, 0.4) is 0 Å². The number of hydrazone groups is 1. The lowest BCUT2D eigenvalue weighted by Crippen LogP contribution is -2.24. The highest BCUT2D eigenvalue weighted by molar-refractivity contribution is 9.13. The van der Waals surface area contributed by atoms with E-state index in [4.69, 9.17) is 5.73 Å². The zero-order valence-corrected chi connectivity index (χ0v) is 10.2.